The van der Waals surface area contributed by atoms with Gasteiger partial charge in [-0.05, 0) is 51.4 Å². The summed E-state index contributed by atoms with van der Waals surface area (Å²) in [4.78, 5) is 13.0. The molecule has 1 fully saturated rings. The molecule has 0 spiro atoms. The molecule has 0 radical (unpaired) electrons. The van der Waals surface area contributed by atoms with Gasteiger partial charge < -0.3 is 10.2 Å². The molecule has 5 nitrogen and oxygen atoms in total. The molecule has 0 amide bonds. The molecule has 1 aromatic rings. The van der Waals surface area contributed by atoms with Crippen LogP contribution in [0, 0.1) is 22.5 Å². The van der Waals surface area contributed by atoms with Crippen LogP contribution < -0.4 is 5.32 Å². The zero-order valence-electron chi connectivity index (χ0n) is 12.5. The molecule has 1 N–H and O–H groups in total. The average Bonchev–Trinajstić information content (AvgIpc) is 2.41. The lowest BCUT2D eigenvalue weighted by molar-refractivity contribution is -0.385. The molecule has 0 atom stereocenters. The van der Waals surface area contributed by atoms with Gasteiger partial charge in [0.05, 0.1) is 4.92 Å². The summed E-state index contributed by atoms with van der Waals surface area (Å²) in [5.41, 5.74) is 2.04. The first-order chi connectivity index (χ1) is 9.41. The number of nitrogens with zero attached hydrogens (tertiary/aromatic N) is 2. The van der Waals surface area contributed by atoms with Crippen molar-refractivity contribution in [3.63, 3.8) is 0 Å². The van der Waals surface area contributed by atoms with E-state index >= 15 is 0 Å². The summed E-state index contributed by atoms with van der Waals surface area (Å²) in [5.74, 6) is 0. The van der Waals surface area contributed by atoms with Crippen LogP contribution in [0.5, 0.6) is 0 Å². The molecule has 2 rings (SSSR count). The van der Waals surface area contributed by atoms with Gasteiger partial charge in [-0.2, -0.15) is 0 Å². The fourth-order valence-corrected chi connectivity index (χ4v) is 2.66. The number of nitrogens with one attached hydrogen (secondary N) is 1. The number of rotatable bonds is 4. The molecule has 110 valence electrons. The van der Waals surface area contributed by atoms with Gasteiger partial charge in [0.2, 0.25) is 0 Å². The van der Waals surface area contributed by atoms with E-state index in [1.54, 1.807) is 19.1 Å². The highest BCUT2D eigenvalue weighted by Crippen LogP contribution is 2.32. The van der Waals surface area contributed by atoms with Crippen molar-refractivity contribution in [2.45, 2.75) is 26.7 Å². The lowest BCUT2D eigenvalue weighted by atomic mass is 9.80. The fourth-order valence-electron chi connectivity index (χ4n) is 2.66. The minimum Gasteiger partial charge on any atom is -0.384 e. The quantitative estimate of drug-likeness (QED) is 0.679. The second kappa shape index (κ2) is 5.79. The Morgan fingerprint density at radius 2 is 2.05 bits per heavy atom. The third-order valence-corrected chi connectivity index (χ3v) is 4.40. The predicted molar refractivity (Wildman–Crippen MR) is 81.2 cm³/mol. The van der Waals surface area contributed by atoms with Crippen molar-refractivity contribution in [1.82, 2.24) is 4.90 Å². The van der Waals surface area contributed by atoms with Gasteiger partial charge in [-0.15, -0.1) is 0 Å². The van der Waals surface area contributed by atoms with Gasteiger partial charge in [-0.25, -0.2) is 0 Å². The van der Waals surface area contributed by atoms with Crippen molar-refractivity contribution in [3.05, 3.63) is 33.9 Å². The first-order valence-corrected chi connectivity index (χ1v) is 7.08. The van der Waals surface area contributed by atoms with Crippen LogP contribution in [-0.4, -0.2) is 36.5 Å². The Hall–Kier alpha value is -1.62. The molecule has 0 saturated carbocycles. The molecule has 1 aliphatic heterocycles. The number of nitro groups is 1. The normalized spacial score (nSPS) is 18.8. The Kier molecular flexibility index (Phi) is 4.28. The van der Waals surface area contributed by atoms with E-state index in [1.807, 2.05) is 6.07 Å². The van der Waals surface area contributed by atoms with E-state index in [4.69, 9.17) is 0 Å². The maximum atomic E-state index is 11.0. The number of piperidine rings is 1. The molecule has 1 aliphatic rings. The van der Waals surface area contributed by atoms with Crippen LogP contribution >= 0.6 is 0 Å². The molecular formula is C15H23N3O2. The Morgan fingerprint density at radius 1 is 1.40 bits per heavy atom. The van der Waals surface area contributed by atoms with E-state index in [0.29, 0.717) is 5.56 Å². The molecular weight excluding hydrogens is 254 g/mol. The number of hydrogen-bond acceptors (Lipinski definition) is 4. The Labute approximate surface area is 120 Å². The highest BCUT2D eigenvalue weighted by atomic mass is 16.6. The van der Waals surface area contributed by atoms with E-state index < -0.39 is 0 Å². The largest absolute Gasteiger partial charge is 0.384 e. The number of nitro benzene ring substituents is 1. The molecule has 0 aromatic heterocycles. The maximum Gasteiger partial charge on any atom is 0.274 e. The first kappa shape index (κ1) is 14.8. The highest BCUT2D eigenvalue weighted by molar-refractivity contribution is 5.59. The zero-order valence-corrected chi connectivity index (χ0v) is 12.5. The number of benzene rings is 1. The molecule has 1 heterocycles. The third kappa shape index (κ3) is 3.28. The topological polar surface area (TPSA) is 58.4 Å². The van der Waals surface area contributed by atoms with Gasteiger partial charge in [-0.3, -0.25) is 10.1 Å². The number of likely N-dealkylation sites (tertiary alicyclic amines) is 1. The van der Waals surface area contributed by atoms with Crippen LogP contribution in [0.15, 0.2) is 18.2 Å². The molecule has 20 heavy (non-hydrogen) atoms. The SMILES string of the molecule is Cc1c(NCC2(C)CCN(C)CC2)cccc1[N+](=O)[O-]. The maximum absolute atomic E-state index is 11.0. The molecule has 0 unspecified atom stereocenters. The van der Waals surface area contributed by atoms with Gasteiger partial charge >= 0.3 is 0 Å². The lowest BCUT2D eigenvalue weighted by Crippen LogP contribution is -2.40. The van der Waals surface area contributed by atoms with Crippen molar-refractivity contribution in [2.24, 2.45) is 5.41 Å². The number of hydrogen-bond donors (Lipinski definition) is 1. The highest BCUT2D eigenvalue weighted by Gasteiger charge is 2.28. The smallest absolute Gasteiger partial charge is 0.274 e. The molecule has 1 saturated heterocycles. The summed E-state index contributed by atoms with van der Waals surface area (Å²) in [7, 11) is 2.15. The Balaban J connectivity index is 2.04. The lowest BCUT2D eigenvalue weighted by Gasteiger charge is -2.38. The van der Waals surface area contributed by atoms with Crippen molar-refractivity contribution < 1.29 is 4.92 Å². The van der Waals surface area contributed by atoms with E-state index in [2.05, 4.69) is 24.2 Å². The monoisotopic (exact) mass is 277 g/mol. The van der Waals surface area contributed by atoms with Crippen LogP contribution in [0.3, 0.4) is 0 Å². The summed E-state index contributed by atoms with van der Waals surface area (Å²) in [6.45, 7) is 7.19. The van der Waals surface area contributed by atoms with Gasteiger partial charge in [0.15, 0.2) is 0 Å². The van der Waals surface area contributed by atoms with Crippen molar-refractivity contribution >= 4 is 11.4 Å². The Morgan fingerprint density at radius 3 is 2.65 bits per heavy atom. The zero-order chi connectivity index (χ0) is 14.8. The standard InChI is InChI=1S/C15H23N3O2/c1-12-13(5-4-6-14(12)18(19)20)16-11-15(2)7-9-17(3)10-8-15/h4-6,16H,7-11H2,1-3H3. The van der Waals surface area contributed by atoms with E-state index in [9.17, 15) is 10.1 Å². The summed E-state index contributed by atoms with van der Waals surface area (Å²) < 4.78 is 0. The minimum absolute atomic E-state index is 0.184. The average molecular weight is 277 g/mol. The number of anilines is 1. The summed E-state index contributed by atoms with van der Waals surface area (Å²) in [5, 5.41) is 14.4. The van der Waals surface area contributed by atoms with Crippen LogP contribution in [0.4, 0.5) is 11.4 Å². The third-order valence-electron chi connectivity index (χ3n) is 4.40. The fraction of sp³-hybridized carbons (Fsp3) is 0.600. The minimum atomic E-state index is -0.322. The van der Waals surface area contributed by atoms with Crippen molar-refractivity contribution in [2.75, 3.05) is 32.0 Å². The molecule has 1 aromatic carbocycles. The van der Waals surface area contributed by atoms with Gasteiger partial charge in [0.1, 0.15) is 0 Å². The Bertz CT molecular complexity index is 494. The summed E-state index contributed by atoms with van der Waals surface area (Å²) in [6, 6.07) is 5.21. The molecule has 5 heteroatoms. The molecule has 0 bridgehead atoms. The van der Waals surface area contributed by atoms with Crippen LogP contribution in [-0.2, 0) is 0 Å². The van der Waals surface area contributed by atoms with Crippen LogP contribution in [0.1, 0.15) is 25.3 Å². The van der Waals surface area contributed by atoms with Crippen molar-refractivity contribution in [1.29, 1.82) is 0 Å². The van der Waals surface area contributed by atoms with E-state index in [1.165, 1.54) is 0 Å². The van der Waals surface area contributed by atoms with Crippen LogP contribution in [0.25, 0.3) is 0 Å². The summed E-state index contributed by atoms with van der Waals surface area (Å²) >= 11 is 0. The van der Waals surface area contributed by atoms with Gasteiger partial charge in [0.25, 0.3) is 5.69 Å². The van der Waals surface area contributed by atoms with Crippen LogP contribution in [0.2, 0.25) is 0 Å². The predicted octanol–water partition coefficient (Wildman–Crippen LogP) is 3.05. The first-order valence-electron chi connectivity index (χ1n) is 7.08. The second-order valence-electron chi connectivity index (χ2n) is 6.17. The van der Waals surface area contributed by atoms with E-state index in [0.717, 1.165) is 38.2 Å². The second-order valence-corrected chi connectivity index (χ2v) is 6.17. The molecule has 0 aliphatic carbocycles. The summed E-state index contributed by atoms with van der Waals surface area (Å²) in [6.07, 6.45) is 2.31. The van der Waals surface area contributed by atoms with Gasteiger partial charge in [0, 0.05) is 23.9 Å². The van der Waals surface area contributed by atoms with E-state index in [-0.39, 0.29) is 16.0 Å². The van der Waals surface area contributed by atoms with Crippen molar-refractivity contribution in [3.8, 4) is 0 Å². The van der Waals surface area contributed by atoms with Gasteiger partial charge in [-0.1, -0.05) is 13.0 Å².